The van der Waals surface area contributed by atoms with Crippen molar-refractivity contribution in [2.24, 2.45) is 11.5 Å². The van der Waals surface area contributed by atoms with Crippen LogP contribution in [0.15, 0.2) is 35.2 Å². The number of likely N-dealkylation sites (tertiary alicyclic amines) is 2. The standard InChI is InChI=1S/C27H42F2N5O3P/c1-3-20(25(30)22-8-7-17(14-23(22)36)27(28,29)38)21(4-2)26(31)32-18-6-5-11-33(15-18)16-24(37)34-12-9-19(35)10-13-34/h7-8,14,18-19,32,35-36H,3-6,9-13,15-16,30-31,38H2,1-2H3/b25-20-,26-21+. The molecule has 1 amide bonds. The number of carbonyl (C=O) groups is 1. The number of piperidine rings is 2. The van der Waals surface area contributed by atoms with Crippen LogP contribution in [-0.2, 0) is 10.5 Å². The van der Waals surface area contributed by atoms with E-state index in [1.54, 1.807) is 0 Å². The van der Waals surface area contributed by atoms with Crippen molar-refractivity contribution in [1.82, 2.24) is 15.1 Å². The highest BCUT2D eigenvalue weighted by molar-refractivity contribution is 7.17. The molecule has 0 saturated carbocycles. The van der Waals surface area contributed by atoms with Crippen LogP contribution in [0.4, 0.5) is 8.78 Å². The van der Waals surface area contributed by atoms with Crippen LogP contribution >= 0.6 is 9.24 Å². The van der Waals surface area contributed by atoms with Gasteiger partial charge in [0, 0.05) is 42.5 Å². The molecule has 0 bridgehead atoms. The Morgan fingerprint density at radius 1 is 1.13 bits per heavy atom. The number of nitrogens with one attached hydrogen (secondary N) is 1. The van der Waals surface area contributed by atoms with Crippen LogP contribution in [0, 0.1) is 0 Å². The Hall–Kier alpha value is -2.42. The molecule has 0 aliphatic carbocycles. The Balaban J connectivity index is 1.73. The lowest BCUT2D eigenvalue weighted by atomic mass is 9.94. The number of carbonyl (C=O) groups excluding carboxylic acids is 1. The van der Waals surface area contributed by atoms with Crippen molar-refractivity contribution in [3.8, 4) is 5.75 Å². The summed E-state index contributed by atoms with van der Waals surface area (Å²) in [4.78, 5) is 16.7. The van der Waals surface area contributed by atoms with Crippen molar-refractivity contribution < 1.29 is 23.8 Å². The number of nitrogens with zero attached hydrogens (tertiary/aromatic N) is 2. The maximum Gasteiger partial charge on any atom is 0.284 e. The summed E-state index contributed by atoms with van der Waals surface area (Å²) in [5.74, 6) is 0.263. The number of hydrogen-bond acceptors (Lipinski definition) is 7. The van der Waals surface area contributed by atoms with Crippen LogP contribution in [0.3, 0.4) is 0 Å². The van der Waals surface area contributed by atoms with Gasteiger partial charge in [0.15, 0.2) is 0 Å². The Morgan fingerprint density at radius 3 is 2.37 bits per heavy atom. The predicted octanol–water partition coefficient (Wildman–Crippen LogP) is 3.01. The first-order valence-corrected chi connectivity index (χ1v) is 13.9. The Bertz CT molecular complexity index is 1050. The average Bonchev–Trinajstić information content (AvgIpc) is 2.86. The summed E-state index contributed by atoms with van der Waals surface area (Å²) in [5.41, 5.74) is 11.7. The molecule has 0 aromatic heterocycles. The topological polar surface area (TPSA) is 128 Å². The highest BCUT2D eigenvalue weighted by atomic mass is 31.0. The highest BCUT2D eigenvalue weighted by Crippen LogP contribution is 2.39. The molecule has 2 atom stereocenters. The van der Waals surface area contributed by atoms with Gasteiger partial charge in [-0.15, -0.1) is 0 Å². The number of hydrogen-bond donors (Lipinski definition) is 5. The second kappa shape index (κ2) is 13.1. The maximum atomic E-state index is 13.7. The van der Waals surface area contributed by atoms with Crippen LogP contribution in [0.1, 0.15) is 63.5 Å². The Morgan fingerprint density at radius 2 is 1.79 bits per heavy atom. The van der Waals surface area contributed by atoms with E-state index in [4.69, 9.17) is 11.5 Å². The summed E-state index contributed by atoms with van der Waals surface area (Å²) >= 11 is 0. The summed E-state index contributed by atoms with van der Waals surface area (Å²) in [6.45, 7) is 6.94. The van der Waals surface area contributed by atoms with Crippen molar-refractivity contribution in [3.05, 3.63) is 46.3 Å². The second-order valence-electron chi connectivity index (χ2n) is 10.2. The number of nitrogens with two attached hydrogens (primary N) is 2. The van der Waals surface area contributed by atoms with Crippen LogP contribution in [0.5, 0.6) is 5.75 Å². The predicted molar refractivity (Wildman–Crippen MR) is 149 cm³/mol. The van der Waals surface area contributed by atoms with Gasteiger partial charge < -0.3 is 31.9 Å². The average molecular weight is 554 g/mol. The molecule has 3 rings (SSSR count). The molecule has 0 spiro atoms. The minimum atomic E-state index is -3.15. The van der Waals surface area contributed by atoms with Gasteiger partial charge in [0.1, 0.15) is 5.75 Å². The lowest BCUT2D eigenvalue weighted by Gasteiger charge is -2.36. The number of phenolic OH excluding ortho intramolecular Hbond substituents is 1. The molecular formula is C27H42F2N5O3P. The number of aliphatic hydroxyl groups excluding tert-OH is 1. The third-order valence-corrected chi connectivity index (χ3v) is 7.77. The Kier molecular flexibility index (Phi) is 10.4. The van der Waals surface area contributed by atoms with E-state index >= 15 is 0 Å². The van der Waals surface area contributed by atoms with E-state index in [1.165, 1.54) is 21.4 Å². The van der Waals surface area contributed by atoms with Crippen molar-refractivity contribution in [2.45, 2.75) is 70.2 Å². The number of amides is 1. The monoisotopic (exact) mass is 553 g/mol. The number of aromatic hydroxyl groups is 1. The molecule has 2 aliphatic heterocycles. The van der Waals surface area contributed by atoms with Gasteiger partial charge in [-0.1, -0.05) is 29.2 Å². The van der Waals surface area contributed by atoms with Crippen LogP contribution in [-0.4, -0.2) is 70.8 Å². The number of halogens is 2. The molecule has 212 valence electrons. The zero-order valence-corrected chi connectivity index (χ0v) is 23.5. The first-order chi connectivity index (χ1) is 17.9. The molecule has 1 aromatic rings. The summed E-state index contributed by atoms with van der Waals surface area (Å²) in [5, 5.41) is 23.6. The second-order valence-corrected chi connectivity index (χ2v) is 10.9. The molecule has 2 unspecified atom stereocenters. The lowest BCUT2D eigenvalue weighted by molar-refractivity contribution is -0.134. The minimum Gasteiger partial charge on any atom is -0.507 e. The van der Waals surface area contributed by atoms with Gasteiger partial charge in [-0.25, -0.2) is 0 Å². The molecule has 2 saturated heterocycles. The smallest absolute Gasteiger partial charge is 0.284 e. The molecule has 8 nitrogen and oxygen atoms in total. The van der Waals surface area contributed by atoms with Crippen LogP contribution < -0.4 is 16.8 Å². The van der Waals surface area contributed by atoms with Crippen molar-refractivity contribution >= 4 is 20.8 Å². The maximum absolute atomic E-state index is 13.7. The van der Waals surface area contributed by atoms with Gasteiger partial charge >= 0.3 is 0 Å². The third-order valence-electron chi connectivity index (χ3n) is 7.44. The van der Waals surface area contributed by atoms with Crippen molar-refractivity contribution in [2.75, 3.05) is 32.7 Å². The molecule has 2 aliphatic rings. The normalized spacial score (nSPS) is 21.1. The molecule has 11 heteroatoms. The molecule has 38 heavy (non-hydrogen) atoms. The summed E-state index contributed by atoms with van der Waals surface area (Å²) in [7, 11) is 1.46. The van der Waals surface area contributed by atoms with Gasteiger partial charge in [-0.2, -0.15) is 8.78 Å². The fraction of sp³-hybridized carbons (Fsp3) is 0.593. The molecule has 1 aromatic carbocycles. The minimum absolute atomic E-state index is 0.0533. The van der Waals surface area contributed by atoms with Gasteiger partial charge in [-0.05, 0) is 68.3 Å². The Labute approximate surface area is 226 Å². The first kappa shape index (κ1) is 30.1. The summed E-state index contributed by atoms with van der Waals surface area (Å²) in [6.07, 6.45) is 3.89. The fourth-order valence-electron chi connectivity index (χ4n) is 5.29. The van der Waals surface area contributed by atoms with E-state index in [2.05, 4.69) is 10.2 Å². The third kappa shape index (κ3) is 7.58. The number of alkyl halides is 2. The van der Waals surface area contributed by atoms with Crippen LogP contribution in [0.2, 0.25) is 0 Å². The van der Waals surface area contributed by atoms with E-state index in [1.807, 2.05) is 18.7 Å². The van der Waals surface area contributed by atoms with E-state index in [0.29, 0.717) is 63.4 Å². The SMILES string of the molecule is CCC(=C(/N)c1ccc(C(F)(F)P)cc1O)/C(CC)=C(\N)NC1CCCN(CC(=O)N2CCC(O)CC2)C1. The molecule has 0 radical (unpaired) electrons. The molecular weight excluding hydrogens is 511 g/mol. The molecule has 2 heterocycles. The van der Waals surface area contributed by atoms with Crippen molar-refractivity contribution in [1.29, 1.82) is 0 Å². The highest BCUT2D eigenvalue weighted by Gasteiger charge is 2.28. The van der Waals surface area contributed by atoms with Gasteiger partial charge in [-0.3, -0.25) is 9.69 Å². The first-order valence-electron chi connectivity index (χ1n) is 13.4. The van der Waals surface area contributed by atoms with E-state index in [-0.39, 0.29) is 34.9 Å². The number of phenols is 1. The lowest BCUT2D eigenvalue weighted by Crippen LogP contribution is -2.51. The number of benzene rings is 1. The zero-order chi connectivity index (χ0) is 28.0. The van der Waals surface area contributed by atoms with Crippen LogP contribution in [0.25, 0.3) is 5.70 Å². The molecule has 7 N–H and O–H groups in total. The molecule has 2 fully saturated rings. The zero-order valence-electron chi connectivity index (χ0n) is 22.4. The van der Waals surface area contributed by atoms with Gasteiger partial charge in [0.25, 0.3) is 5.66 Å². The fourth-order valence-corrected chi connectivity index (χ4v) is 5.47. The van der Waals surface area contributed by atoms with Gasteiger partial charge in [0.2, 0.25) is 5.91 Å². The van der Waals surface area contributed by atoms with E-state index in [9.17, 15) is 23.8 Å². The largest absolute Gasteiger partial charge is 0.507 e. The van der Waals surface area contributed by atoms with E-state index < -0.39 is 5.66 Å². The summed E-state index contributed by atoms with van der Waals surface area (Å²) in [6, 6.07) is 3.74. The van der Waals surface area contributed by atoms with Gasteiger partial charge in [0.05, 0.1) is 18.5 Å². The number of allylic oxidation sites excluding steroid dienone is 2. The van der Waals surface area contributed by atoms with Crippen molar-refractivity contribution in [3.63, 3.8) is 0 Å². The number of rotatable bonds is 9. The van der Waals surface area contributed by atoms with E-state index in [0.717, 1.165) is 36.6 Å². The quantitative estimate of drug-likeness (QED) is 0.235. The number of aliphatic hydroxyl groups is 1. The summed E-state index contributed by atoms with van der Waals surface area (Å²) < 4.78 is 27.3.